The van der Waals surface area contributed by atoms with Crippen LogP contribution in [0.2, 0.25) is 0 Å². The zero-order chi connectivity index (χ0) is 22.7. The van der Waals surface area contributed by atoms with Gasteiger partial charge in [0.2, 0.25) is 11.6 Å². The number of anilines is 1. The average Bonchev–Trinajstić information content (AvgIpc) is 3.20. The molecule has 2 heterocycles. The van der Waals surface area contributed by atoms with E-state index in [4.69, 9.17) is 4.74 Å². The van der Waals surface area contributed by atoms with E-state index in [9.17, 15) is 14.0 Å². The highest BCUT2D eigenvalue weighted by Crippen LogP contribution is 2.19. The molecule has 0 fully saturated rings. The molecule has 0 aliphatic rings. The van der Waals surface area contributed by atoms with Gasteiger partial charge in [-0.25, -0.2) is 4.39 Å². The summed E-state index contributed by atoms with van der Waals surface area (Å²) in [7, 11) is 0. The first-order valence-corrected chi connectivity index (χ1v) is 10.8. The number of benzene rings is 2. The normalized spacial score (nSPS) is 11.0. The van der Waals surface area contributed by atoms with Crippen LogP contribution in [0.3, 0.4) is 0 Å². The van der Waals surface area contributed by atoms with E-state index >= 15 is 0 Å². The summed E-state index contributed by atoms with van der Waals surface area (Å²) in [6, 6.07) is 11.7. The molecule has 1 N–H and O–H groups in total. The number of aromatic nitrogens is 4. The molecular formula is C22H20FN5O3S. The first-order valence-electron chi connectivity index (χ1n) is 9.84. The zero-order valence-electron chi connectivity index (χ0n) is 17.4. The minimum atomic E-state index is -0.386. The van der Waals surface area contributed by atoms with E-state index in [1.807, 2.05) is 6.92 Å². The fourth-order valence-corrected chi connectivity index (χ4v) is 3.75. The summed E-state index contributed by atoms with van der Waals surface area (Å²) in [5.74, 6) is 0.0387. The summed E-state index contributed by atoms with van der Waals surface area (Å²) in [6.45, 7) is 4.11. The molecule has 1 amide bonds. The van der Waals surface area contributed by atoms with Crippen LogP contribution in [-0.2, 0) is 4.79 Å². The molecule has 0 aliphatic carbocycles. The van der Waals surface area contributed by atoms with Gasteiger partial charge in [0.1, 0.15) is 11.6 Å². The number of carbonyl (C=O) groups excluding carboxylic acids is 1. The molecule has 0 spiro atoms. The number of amides is 1. The summed E-state index contributed by atoms with van der Waals surface area (Å²) in [6.07, 6.45) is 3.29. The van der Waals surface area contributed by atoms with Gasteiger partial charge in [-0.1, -0.05) is 17.8 Å². The number of halogens is 1. The Hall–Kier alpha value is -3.66. The van der Waals surface area contributed by atoms with Crippen LogP contribution in [0.4, 0.5) is 10.1 Å². The van der Waals surface area contributed by atoms with Gasteiger partial charge in [0.25, 0.3) is 0 Å². The molecule has 4 aromatic rings. The number of aryl methyl sites for hydroxylation is 1. The smallest absolute Gasteiger partial charge is 0.300 e. The molecule has 32 heavy (non-hydrogen) atoms. The highest BCUT2D eigenvalue weighted by Gasteiger charge is 2.14. The van der Waals surface area contributed by atoms with E-state index < -0.39 is 0 Å². The van der Waals surface area contributed by atoms with Gasteiger partial charge >= 0.3 is 5.56 Å². The van der Waals surface area contributed by atoms with E-state index in [1.54, 1.807) is 55.7 Å². The molecule has 0 aliphatic heterocycles. The van der Waals surface area contributed by atoms with E-state index in [2.05, 4.69) is 15.5 Å². The first kappa shape index (κ1) is 21.6. The number of fused-ring (bicyclic) bond motifs is 1. The quantitative estimate of drug-likeness (QED) is 0.431. The highest BCUT2D eigenvalue weighted by atomic mass is 32.2. The monoisotopic (exact) mass is 453 g/mol. The third kappa shape index (κ3) is 4.50. The molecule has 0 unspecified atom stereocenters. The van der Waals surface area contributed by atoms with Crippen LogP contribution in [0.5, 0.6) is 5.75 Å². The van der Waals surface area contributed by atoms with Crippen LogP contribution >= 0.6 is 11.8 Å². The Morgan fingerprint density at radius 1 is 1.16 bits per heavy atom. The lowest BCUT2D eigenvalue weighted by molar-refractivity contribution is -0.113. The predicted octanol–water partition coefficient (Wildman–Crippen LogP) is 3.46. The van der Waals surface area contributed by atoms with E-state index in [0.29, 0.717) is 28.7 Å². The van der Waals surface area contributed by atoms with Crippen LogP contribution in [0.15, 0.2) is 64.8 Å². The molecule has 2 aromatic carbocycles. The Morgan fingerprint density at radius 3 is 2.66 bits per heavy atom. The van der Waals surface area contributed by atoms with Crippen LogP contribution < -0.4 is 15.6 Å². The van der Waals surface area contributed by atoms with Crippen molar-refractivity contribution in [2.24, 2.45) is 0 Å². The second-order valence-electron chi connectivity index (χ2n) is 6.88. The van der Waals surface area contributed by atoms with Crippen molar-refractivity contribution in [3.8, 4) is 11.4 Å². The number of rotatable bonds is 7. The maximum atomic E-state index is 13.6. The molecule has 2 aromatic heterocycles. The zero-order valence-corrected chi connectivity index (χ0v) is 18.2. The van der Waals surface area contributed by atoms with Gasteiger partial charge in [-0.3, -0.25) is 18.6 Å². The van der Waals surface area contributed by atoms with Gasteiger partial charge < -0.3 is 10.1 Å². The lowest BCUT2D eigenvalue weighted by Crippen LogP contribution is -2.20. The summed E-state index contributed by atoms with van der Waals surface area (Å²) < 4.78 is 22.1. The van der Waals surface area contributed by atoms with Gasteiger partial charge in [0, 0.05) is 23.8 Å². The van der Waals surface area contributed by atoms with E-state index in [1.165, 1.54) is 15.0 Å². The maximum absolute atomic E-state index is 13.6. The lowest BCUT2D eigenvalue weighted by Gasteiger charge is -2.08. The average molecular weight is 453 g/mol. The topological polar surface area (TPSA) is 90.5 Å². The van der Waals surface area contributed by atoms with Crippen LogP contribution in [0, 0.1) is 12.7 Å². The number of hydrogen-bond donors (Lipinski definition) is 1. The molecule has 4 rings (SSSR count). The molecule has 8 nitrogen and oxygen atoms in total. The van der Waals surface area contributed by atoms with Crippen molar-refractivity contribution >= 4 is 29.0 Å². The van der Waals surface area contributed by atoms with Gasteiger partial charge in [0.05, 0.1) is 12.4 Å². The van der Waals surface area contributed by atoms with Crippen molar-refractivity contribution in [1.29, 1.82) is 0 Å². The predicted molar refractivity (Wildman–Crippen MR) is 120 cm³/mol. The number of hydrogen-bond acceptors (Lipinski definition) is 6. The molecule has 164 valence electrons. The fraction of sp³-hybridized carbons (Fsp3) is 0.182. The van der Waals surface area contributed by atoms with Crippen molar-refractivity contribution in [2.75, 3.05) is 17.7 Å². The number of thioether (sulfide) groups is 1. The molecule has 10 heteroatoms. The van der Waals surface area contributed by atoms with Gasteiger partial charge in [0.15, 0.2) is 5.16 Å². The Morgan fingerprint density at radius 2 is 1.94 bits per heavy atom. The van der Waals surface area contributed by atoms with Gasteiger partial charge in [-0.2, -0.15) is 0 Å². The van der Waals surface area contributed by atoms with Crippen LogP contribution in [0.1, 0.15) is 12.5 Å². The van der Waals surface area contributed by atoms with Crippen molar-refractivity contribution in [2.45, 2.75) is 19.0 Å². The number of nitrogens with zero attached hydrogens (tertiary/aromatic N) is 4. The fourth-order valence-electron chi connectivity index (χ4n) is 3.04. The standard InChI is InChI=1S/C22H20FN5O3S/c1-3-31-17-8-6-16(7-9-17)27-10-11-28-20(21(27)30)25-26-22(28)32-13-19(29)24-15-5-4-14(2)18(23)12-15/h4-12H,3,13H2,1-2H3,(H,24,29). The Labute approximate surface area is 187 Å². The largest absolute Gasteiger partial charge is 0.494 e. The Kier molecular flexibility index (Phi) is 6.22. The highest BCUT2D eigenvalue weighted by molar-refractivity contribution is 7.99. The Balaban J connectivity index is 1.48. The van der Waals surface area contributed by atoms with Crippen molar-refractivity contribution in [3.05, 3.63) is 76.6 Å². The first-order chi connectivity index (χ1) is 15.5. The molecule has 0 bridgehead atoms. The number of carbonyl (C=O) groups is 1. The van der Waals surface area contributed by atoms with Crippen LogP contribution in [0.25, 0.3) is 11.3 Å². The summed E-state index contributed by atoms with van der Waals surface area (Å²) in [5.41, 5.74) is 1.36. The summed E-state index contributed by atoms with van der Waals surface area (Å²) in [5, 5.41) is 11.1. The second-order valence-corrected chi connectivity index (χ2v) is 7.82. The SMILES string of the molecule is CCOc1ccc(-n2ccn3c(SCC(=O)Nc4ccc(C)c(F)c4)nnc3c2=O)cc1. The number of nitrogens with one attached hydrogen (secondary N) is 1. The third-order valence-electron chi connectivity index (χ3n) is 4.65. The Bertz CT molecular complexity index is 1330. The molecule has 0 saturated heterocycles. The summed E-state index contributed by atoms with van der Waals surface area (Å²) in [4.78, 5) is 25.1. The third-order valence-corrected chi connectivity index (χ3v) is 5.60. The molecule has 0 radical (unpaired) electrons. The summed E-state index contributed by atoms with van der Waals surface area (Å²) >= 11 is 1.13. The van der Waals surface area contributed by atoms with Crippen molar-refractivity contribution in [1.82, 2.24) is 19.2 Å². The number of ether oxygens (including phenoxy) is 1. The lowest BCUT2D eigenvalue weighted by atomic mass is 10.2. The van der Waals surface area contributed by atoms with Crippen molar-refractivity contribution < 1.29 is 13.9 Å². The minimum absolute atomic E-state index is 0.0261. The molecular weight excluding hydrogens is 433 g/mol. The van der Waals surface area contributed by atoms with E-state index in [0.717, 1.165) is 17.5 Å². The second kappa shape index (κ2) is 9.23. The van der Waals surface area contributed by atoms with Crippen molar-refractivity contribution in [3.63, 3.8) is 0 Å². The minimum Gasteiger partial charge on any atom is -0.494 e. The molecule has 0 atom stereocenters. The van der Waals surface area contributed by atoms with Gasteiger partial charge in [-0.05, 0) is 55.8 Å². The van der Waals surface area contributed by atoms with E-state index in [-0.39, 0.29) is 28.7 Å². The van der Waals surface area contributed by atoms with Gasteiger partial charge in [-0.15, -0.1) is 10.2 Å². The maximum Gasteiger partial charge on any atom is 0.300 e. The molecule has 0 saturated carbocycles. The van der Waals surface area contributed by atoms with Crippen LogP contribution in [-0.4, -0.2) is 37.4 Å².